The van der Waals surface area contributed by atoms with Crippen molar-refractivity contribution in [2.75, 3.05) is 33.3 Å². The first-order chi connectivity index (χ1) is 12.9. The minimum Gasteiger partial charge on any atom is -0.496 e. The van der Waals surface area contributed by atoms with E-state index >= 15 is 0 Å². The van der Waals surface area contributed by atoms with Crippen LogP contribution in [0.4, 0.5) is 4.39 Å². The van der Waals surface area contributed by atoms with Crippen LogP contribution < -0.4 is 4.74 Å². The molecule has 1 fully saturated rings. The number of rotatable bonds is 3. The fourth-order valence-electron chi connectivity index (χ4n) is 3.18. The Morgan fingerprint density at radius 1 is 0.889 bits per heavy atom. The van der Waals surface area contributed by atoms with Crippen molar-refractivity contribution in [3.05, 3.63) is 64.5 Å². The highest BCUT2D eigenvalue weighted by atomic mass is 19.1. The molecule has 0 atom stereocenters. The van der Waals surface area contributed by atoms with Gasteiger partial charge in [-0.3, -0.25) is 9.59 Å². The van der Waals surface area contributed by atoms with Crippen molar-refractivity contribution >= 4 is 11.8 Å². The van der Waals surface area contributed by atoms with Crippen LogP contribution in [0.1, 0.15) is 31.8 Å². The van der Waals surface area contributed by atoms with E-state index in [1.165, 1.54) is 24.3 Å². The van der Waals surface area contributed by atoms with E-state index in [0.717, 1.165) is 11.1 Å². The third-order valence-corrected chi connectivity index (χ3v) is 4.99. The lowest BCUT2D eigenvalue weighted by molar-refractivity contribution is 0.0533. The van der Waals surface area contributed by atoms with Gasteiger partial charge in [-0.05, 0) is 61.4 Å². The number of methoxy groups -OCH3 is 1. The molecule has 0 radical (unpaired) electrons. The molecular weight excluding hydrogens is 347 g/mol. The van der Waals surface area contributed by atoms with Crippen LogP contribution in [0.5, 0.6) is 5.75 Å². The Balaban J connectivity index is 1.69. The molecule has 1 saturated heterocycles. The Bertz CT molecular complexity index is 856. The summed E-state index contributed by atoms with van der Waals surface area (Å²) in [6.45, 7) is 5.71. The number of benzene rings is 2. The molecule has 0 spiro atoms. The summed E-state index contributed by atoms with van der Waals surface area (Å²) in [7, 11) is 1.56. The lowest BCUT2D eigenvalue weighted by Gasteiger charge is -2.35. The maximum atomic E-state index is 13.0. The molecule has 5 nitrogen and oxygen atoms in total. The summed E-state index contributed by atoms with van der Waals surface area (Å²) in [6, 6.07) is 9.24. The quantitative estimate of drug-likeness (QED) is 0.834. The second kappa shape index (κ2) is 7.78. The Labute approximate surface area is 158 Å². The van der Waals surface area contributed by atoms with E-state index in [9.17, 15) is 14.0 Å². The fraction of sp³-hybridized carbons (Fsp3) is 0.333. The van der Waals surface area contributed by atoms with Crippen molar-refractivity contribution < 1.29 is 18.7 Å². The second-order valence-electron chi connectivity index (χ2n) is 6.73. The third kappa shape index (κ3) is 3.94. The van der Waals surface area contributed by atoms with Crippen LogP contribution in [0.3, 0.4) is 0 Å². The number of amides is 2. The highest BCUT2D eigenvalue weighted by Gasteiger charge is 2.27. The van der Waals surface area contributed by atoms with E-state index in [2.05, 4.69) is 0 Å². The number of piperazine rings is 1. The first kappa shape index (κ1) is 18.9. The number of carbonyl (C=O) groups excluding carboxylic acids is 2. The van der Waals surface area contributed by atoms with Crippen molar-refractivity contribution in [2.24, 2.45) is 0 Å². The maximum absolute atomic E-state index is 13.0. The van der Waals surface area contributed by atoms with Crippen LogP contribution >= 0.6 is 0 Å². The van der Waals surface area contributed by atoms with E-state index in [-0.39, 0.29) is 17.6 Å². The van der Waals surface area contributed by atoms with Crippen LogP contribution in [0.25, 0.3) is 0 Å². The molecule has 2 amide bonds. The largest absolute Gasteiger partial charge is 0.496 e. The summed E-state index contributed by atoms with van der Waals surface area (Å²) in [6.07, 6.45) is 0. The number of aryl methyl sites for hydroxylation is 2. The molecule has 142 valence electrons. The molecule has 0 bridgehead atoms. The number of hydrogen-bond acceptors (Lipinski definition) is 3. The molecule has 6 heteroatoms. The van der Waals surface area contributed by atoms with E-state index < -0.39 is 0 Å². The minimum absolute atomic E-state index is 0.0937. The predicted octanol–water partition coefficient (Wildman–Crippen LogP) is 3.05. The summed E-state index contributed by atoms with van der Waals surface area (Å²) < 4.78 is 18.4. The molecule has 2 aromatic rings. The van der Waals surface area contributed by atoms with Gasteiger partial charge in [-0.15, -0.1) is 0 Å². The molecule has 2 aromatic carbocycles. The summed E-state index contributed by atoms with van der Waals surface area (Å²) >= 11 is 0. The van der Waals surface area contributed by atoms with Gasteiger partial charge in [0.1, 0.15) is 11.6 Å². The molecule has 1 heterocycles. The zero-order chi connectivity index (χ0) is 19.6. The van der Waals surface area contributed by atoms with Gasteiger partial charge in [0.15, 0.2) is 0 Å². The van der Waals surface area contributed by atoms with Gasteiger partial charge in [0.25, 0.3) is 11.8 Å². The predicted molar refractivity (Wildman–Crippen MR) is 101 cm³/mol. The Morgan fingerprint density at radius 2 is 1.41 bits per heavy atom. The normalized spacial score (nSPS) is 14.2. The molecule has 0 saturated carbocycles. The topological polar surface area (TPSA) is 49.9 Å². The Hall–Kier alpha value is -2.89. The molecule has 0 N–H and O–H groups in total. The van der Waals surface area contributed by atoms with E-state index in [1.807, 2.05) is 26.0 Å². The van der Waals surface area contributed by atoms with E-state index in [0.29, 0.717) is 43.1 Å². The first-order valence-electron chi connectivity index (χ1n) is 8.90. The lowest BCUT2D eigenvalue weighted by atomic mass is 10.0. The first-order valence-corrected chi connectivity index (χ1v) is 8.90. The van der Waals surface area contributed by atoms with Crippen molar-refractivity contribution in [1.82, 2.24) is 9.80 Å². The Morgan fingerprint density at radius 3 is 1.96 bits per heavy atom. The van der Waals surface area contributed by atoms with Gasteiger partial charge in [-0.25, -0.2) is 4.39 Å². The number of halogens is 1. The van der Waals surface area contributed by atoms with Gasteiger partial charge < -0.3 is 14.5 Å². The van der Waals surface area contributed by atoms with Crippen LogP contribution in [-0.4, -0.2) is 54.9 Å². The maximum Gasteiger partial charge on any atom is 0.257 e. The average Bonchev–Trinajstić information content (AvgIpc) is 2.69. The van der Waals surface area contributed by atoms with E-state index in [4.69, 9.17) is 4.74 Å². The molecule has 3 rings (SSSR count). The van der Waals surface area contributed by atoms with Crippen molar-refractivity contribution in [3.8, 4) is 5.75 Å². The fourth-order valence-corrected chi connectivity index (χ4v) is 3.18. The summed E-state index contributed by atoms with van der Waals surface area (Å²) in [4.78, 5) is 28.9. The molecule has 1 aliphatic rings. The third-order valence-electron chi connectivity index (χ3n) is 4.99. The van der Waals surface area contributed by atoms with Crippen LogP contribution in [-0.2, 0) is 0 Å². The second-order valence-corrected chi connectivity index (χ2v) is 6.73. The van der Waals surface area contributed by atoms with Gasteiger partial charge in [0.05, 0.1) is 12.7 Å². The smallest absolute Gasteiger partial charge is 0.257 e. The van der Waals surface area contributed by atoms with Crippen molar-refractivity contribution in [1.29, 1.82) is 0 Å². The number of carbonyl (C=O) groups is 2. The number of hydrogen-bond donors (Lipinski definition) is 0. The standard InChI is InChI=1S/C21H23FN2O3/c1-14-12-18(19(27-3)13-15(14)2)21(26)24-10-8-23(9-11-24)20(25)16-4-6-17(22)7-5-16/h4-7,12-13H,8-11H2,1-3H3. The molecule has 0 unspecified atom stereocenters. The highest BCUT2D eigenvalue weighted by Crippen LogP contribution is 2.25. The molecule has 0 aromatic heterocycles. The highest BCUT2D eigenvalue weighted by molar-refractivity contribution is 5.98. The number of ether oxygens (including phenoxy) is 1. The molecule has 1 aliphatic heterocycles. The number of nitrogens with zero attached hydrogens (tertiary/aromatic N) is 2. The zero-order valence-corrected chi connectivity index (χ0v) is 15.8. The van der Waals surface area contributed by atoms with Gasteiger partial charge >= 0.3 is 0 Å². The van der Waals surface area contributed by atoms with E-state index in [1.54, 1.807) is 16.9 Å². The summed E-state index contributed by atoms with van der Waals surface area (Å²) in [5.41, 5.74) is 3.09. The van der Waals surface area contributed by atoms with Gasteiger partial charge in [0, 0.05) is 31.7 Å². The SMILES string of the molecule is COc1cc(C)c(C)cc1C(=O)N1CCN(C(=O)c2ccc(F)cc2)CC1. The monoisotopic (exact) mass is 370 g/mol. The molecule has 0 aliphatic carbocycles. The summed E-state index contributed by atoms with van der Waals surface area (Å²) in [5, 5.41) is 0. The minimum atomic E-state index is -0.371. The molecule has 27 heavy (non-hydrogen) atoms. The van der Waals surface area contributed by atoms with Crippen LogP contribution in [0, 0.1) is 19.7 Å². The molecular formula is C21H23FN2O3. The summed E-state index contributed by atoms with van der Waals surface area (Å²) in [5.74, 6) is -0.0492. The van der Waals surface area contributed by atoms with Crippen LogP contribution in [0.2, 0.25) is 0 Å². The van der Waals surface area contributed by atoms with Crippen molar-refractivity contribution in [3.63, 3.8) is 0 Å². The van der Waals surface area contributed by atoms with Crippen molar-refractivity contribution in [2.45, 2.75) is 13.8 Å². The van der Waals surface area contributed by atoms with Crippen LogP contribution in [0.15, 0.2) is 36.4 Å². The van der Waals surface area contributed by atoms with Gasteiger partial charge in [-0.1, -0.05) is 0 Å². The Kier molecular flexibility index (Phi) is 5.44. The van der Waals surface area contributed by atoms with Gasteiger partial charge in [0.2, 0.25) is 0 Å². The van der Waals surface area contributed by atoms with Gasteiger partial charge in [-0.2, -0.15) is 0 Å². The average molecular weight is 370 g/mol. The lowest BCUT2D eigenvalue weighted by Crippen LogP contribution is -2.50. The zero-order valence-electron chi connectivity index (χ0n) is 15.8.